The number of quaternary nitrogens is 1. The van der Waals surface area contributed by atoms with Crippen molar-refractivity contribution < 1.29 is 24.0 Å². The van der Waals surface area contributed by atoms with Gasteiger partial charge < -0.3 is 14.5 Å². The Morgan fingerprint density at radius 2 is 1.80 bits per heavy atom. The zero-order valence-electron chi connectivity index (χ0n) is 16.8. The first-order chi connectivity index (χ1) is 14.6. The van der Waals surface area contributed by atoms with Gasteiger partial charge in [-0.3, -0.25) is 9.59 Å². The molecule has 3 heterocycles. The molecule has 4 rings (SSSR count). The third-order valence-electron chi connectivity index (χ3n) is 5.52. The van der Waals surface area contributed by atoms with Crippen LogP contribution in [-0.4, -0.2) is 66.6 Å². The molecule has 1 aromatic carbocycles. The van der Waals surface area contributed by atoms with Gasteiger partial charge in [-0.2, -0.15) is 0 Å². The predicted molar refractivity (Wildman–Crippen MR) is 108 cm³/mol. The van der Waals surface area contributed by atoms with Crippen molar-refractivity contribution in [1.82, 2.24) is 9.97 Å². The number of anilines is 2. The summed E-state index contributed by atoms with van der Waals surface area (Å²) in [6.07, 6.45) is 3.62. The molecule has 2 amide bonds. The van der Waals surface area contributed by atoms with Gasteiger partial charge in [-0.25, -0.2) is 19.7 Å². The van der Waals surface area contributed by atoms with Crippen LogP contribution in [0.3, 0.4) is 0 Å². The molecule has 0 bridgehead atoms. The fourth-order valence-electron chi connectivity index (χ4n) is 3.98. The number of esters is 1. The van der Waals surface area contributed by atoms with Gasteiger partial charge in [-0.05, 0) is 37.3 Å². The SMILES string of the molecule is CCOC(=O)c1ccc(N2C(=O)C[C@H]([NH+]3CCN(c4ncccn4)CC3)C2=O)cc1. The van der Waals surface area contributed by atoms with Gasteiger partial charge in [0.2, 0.25) is 11.9 Å². The zero-order chi connectivity index (χ0) is 21.1. The quantitative estimate of drug-likeness (QED) is 0.534. The third-order valence-corrected chi connectivity index (χ3v) is 5.52. The smallest absolute Gasteiger partial charge is 0.338 e. The van der Waals surface area contributed by atoms with Crippen molar-refractivity contribution in [2.75, 3.05) is 42.6 Å². The molecule has 30 heavy (non-hydrogen) atoms. The largest absolute Gasteiger partial charge is 0.462 e. The van der Waals surface area contributed by atoms with E-state index in [1.165, 1.54) is 4.90 Å². The second kappa shape index (κ2) is 8.58. The van der Waals surface area contributed by atoms with E-state index >= 15 is 0 Å². The summed E-state index contributed by atoms with van der Waals surface area (Å²) in [7, 11) is 0. The summed E-state index contributed by atoms with van der Waals surface area (Å²) in [5.74, 6) is -0.141. The van der Waals surface area contributed by atoms with Gasteiger partial charge in [0.1, 0.15) is 0 Å². The summed E-state index contributed by atoms with van der Waals surface area (Å²) in [6.45, 7) is 4.95. The van der Waals surface area contributed by atoms with Crippen LogP contribution < -0.4 is 14.7 Å². The number of carbonyl (C=O) groups excluding carboxylic acids is 3. The van der Waals surface area contributed by atoms with Crippen LogP contribution in [0.4, 0.5) is 11.6 Å². The number of nitrogens with one attached hydrogen (secondary N) is 1. The van der Waals surface area contributed by atoms with E-state index in [1.54, 1.807) is 49.6 Å². The number of ether oxygens (including phenoxy) is 1. The first-order valence-corrected chi connectivity index (χ1v) is 10.1. The van der Waals surface area contributed by atoms with Gasteiger partial charge >= 0.3 is 5.97 Å². The summed E-state index contributed by atoms with van der Waals surface area (Å²) < 4.78 is 4.97. The molecule has 0 spiro atoms. The van der Waals surface area contributed by atoms with Gasteiger partial charge in [0.05, 0.1) is 50.5 Å². The maximum absolute atomic E-state index is 13.0. The van der Waals surface area contributed by atoms with Crippen molar-refractivity contribution in [2.24, 2.45) is 0 Å². The maximum Gasteiger partial charge on any atom is 0.338 e. The number of hydrogen-bond donors (Lipinski definition) is 1. The minimum Gasteiger partial charge on any atom is -0.462 e. The van der Waals surface area contributed by atoms with Crippen LogP contribution in [-0.2, 0) is 14.3 Å². The highest BCUT2D eigenvalue weighted by Crippen LogP contribution is 2.23. The number of aromatic nitrogens is 2. The molecular formula is C21H24N5O4+. The van der Waals surface area contributed by atoms with Gasteiger partial charge in [0.25, 0.3) is 5.91 Å². The average molecular weight is 410 g/mol. The van der Waals surface area contributed by atoms with Gasteiger partial charge in [0.15, 0.2) is 6.04 Å². The van der Waals surface area contributed by atoms with E-state index in [0.29, 0.717) is 17.2 Å². The molecule has 156 valence electrons. The normalized spacial score (nSPS) is 20.0. The first-order valence-electron chi connectivity index (χ1n) is 10.1. The summed E-state index contributed by atoms with van der Waals surface area (Å²) >= 11 is 0. The van der Waals surface area contributed by atoms with Gasteiger partial charge in [-0.1, -0.05) is 0 Å². The number of piperazine rings is 1. The van der Waals surface area contributed by atoms with Crippen molar-refractivity contribution >= 4 is 29.4 Å². The Labute approximate surface area is 174 Å². The molecule has 2 aromatic rings. The first kappa shape index (κ1) is 20.0. The van der Waals surface area contributed by atoms with Crippen LogP contribution in [0.25, 0.3) is 0 Å². The van der Waals surface area contributed by atoms with E-state index in [2.05, 4.69) is 14.9 Å². The molecule has 2 aliphatic rings. The summed E-state index contributed by atoms with van der Waals surface area (Å²) in [6, 6.07) is 7.77. The van der Waals surface area contributed by atoms with Crippen molar-refractivity contribution in [3.05, 3.63) is 48.3 Å². The molecule has 1 aromatic heterocycles. The number of carbonyl (C=O) groups is 3. The van der Waals surface area contributed by atoms with Crippen LogP contribution in [0.5, 0.6) is 0 Å². The molecule has 9 heteroatoms. The number of hydrogen-bond acceptors (Lipinski definition) is 7. The van der Waals surface area contributed by atoms with Crippen molar-refractivity contribution in [2.45, 2.75) is 19.4 Å². The predicted octanol–water partition coefficient (Wildman–Crippen LogP) is -0.310. The molecule has 2 saturated heterocycles. The highest BCUT2D eigenvalue weighted by molar-refractivity contribution is 6.22. The Bertz CT molecular complexity index is 926. The minimum atomic E-state index is -0.425. The van der Waals surface area contributed by atoms with Crippen molar-refractivity contribution in [3.63, 3.8) is 0 Å². The topological polar surface area (TPSA) is 97.1 Å². The lowest BCUT2D eigenvalue weighted by molar-refractivity contribution is -0.915. The number of imide groups is 1. The maximum atomic E-state index is 13.0. The van der Waals surface area contributed by atoms with Crippen molar-refractivity contribution in [3.8, 4) is 0 Å². The highest BCUT2D eigenvalue weighted by Gasteiger charge is 2.46. The molecule has 0 unspecified atom stereocenters. The molecule has 9 nitrogen and oxygen atoms in total. The van der Waals surface area contributed by atoms with Crippen LogP contribution >= 0.6 is 0 Å². The van der Waals surface area contributed by atoms with Crippen molar-refractivity contribution in [1.29, 1.82) is 0 Å². The molecule has 0 aliphatic carbocycles. The van der Waals surface area contributed by atoms with Gasteiger partial charge in [-0.15, -0.1) is 0 Å². The lowest BCUT2D eigenvalue weighted by atomic mass is 10.1. The molecule has 0 radical (unpaired) electrons. The van der Waals surface area contributed by atoms with Crippen LogP contribution in [0.2, 0.25) is 0 Å². The fourth-order valence-corrected chi connectivity index (χ4v) is 3.98. The van der Waals surface area contributed by atoms with E-state index in [9.17, 15) is 14.4 Å². The molecule has 1 atom stereocenters. The Balaban J connectivity index is 1.41. The van der Waals surface area contributed by atoms with Gasteiger partial charge in [0, 0.05) is 12.4 Å². The monoisotopic (exact) mass is 410 g/mol. The number of nitrogens with zero attached hydrogens (tertiary/aromatic N) is 4. The van der Waals surface area contributed by atoms with Crippen LogP contribution in [0, 0.1) is 0 Å². The van der Waals surface area contributed by atoms with Crippen LogP contribution in [0.1, 0.15) is 23.7 Å². The average Bonchev–Trinajstić information content (AvgIpc) is 3.08. The standard InChI is InChI=1S/C21H23N5O4/c1-2-30-20(29)15-4-6-16(7-5-15)26-18(27)14-17(19(26)28)24-10-12-25(13-11-24)21-22-8-3-9-23-21/h3-9,17H,2,10-14H2,1H3/p+1/t17-/m0/s1. The summed E-state index contributed by atoms with van der Waals surface area (Å²) in [4.78, 5) is 50.5. The van der Waals surface area contributed by atoms with Crippen LogP contribution in [0.15, 0.2) is 42.7 Å². The summed E-state index contributed by atoms with van der Waals surface area (Å²) in [5, 5.41) is 0. The fraction of sp³-hybridized carbons (Fsp3) is 0.381. The van der Waals surface area contributed by atoms with E-state index in [4.69, 9.17) is 4.74 Å². The Morgan fingerprint density at radius 1 is 1.13 bits per heavy atom. The van der Waals surface area contributed by atoms with E-state index in [-0.39, 0.29) is 30.9 Å². The molecular weight excluding hydrogens is 386 g/mol. The van der Waals surface area contributed by atoms with E-state index in [0.717, 1.165) is 31.1 Å². The molecule has 0 saturated carbocycles. The Kier molecular flexibility index (Phi) is 5.71. The van der Waals surface area contributed by atoms with E-state index in [1.807, 2.05) is 0 Å². The third kappa shape index (κ3) is 3.88. The molecule has 2 fully saturated rings. The second-order valence-corrected chi connectivity index (χ2v) is 7.29. The lowest BCUT2D eigenvalue weighted by Gasteiger charge is -2.34. The zero-order valence-corrected chi connectivity index (χ0v) is 16.8. The molecule has 2 aliphatic heterocycles. The summed E-state index contributed by atoms with van der Waals surface area (Å²) in [5.41, 5.74) is 0.873. The number of rotatable bonds is 5. The second-order valence-electron chi connectivity index (χ2n) is 7.29. The number of amides is 2. The highest BCUT2D eigenvalue weighted by atomic mass is 16.5. The Morgan fingerprint density at radius 3 is 2.43 bits per heavy atom. The lowest BCUT2D eigenvalue weighted by Crippen LogP contribution is -3.19. The number of benzene rings is 1. The Hall–Kier alpha value is -3.33. The van der Waals surface area contributed by atoms with E-state index < -0.39 is 5.97 Å². The minimum absolute atomic E-state index is 0.190. The molecule has 1 N–H and O–H groups in total.